The van der Waals surface area contributed by atoms with E-state index in [-0.39, 0.29) is 0 Å². The third kappa shape index (κ3) is 1.63. The van der Waals surface area contributed by atoms with Crippen LogP contribution in [0.1, 0.15) is 21.7 Å². The summed E-state index contributed by atoms with van der Waals surface area (Å²) in [5.74, 6) is 0. The molecule has 0 unspecified atom stereocenters. The predicted molar refractivity (Wildman–Crippen MR) is 63.4 cm³/mol. The van der Waals surface area contributed by atoms with Gasteiger partial charge in [-0.15, -0.1) is 0 Å². The summed E-state index contributed by atoms with van der Waals surface area (Å²) in [6, 6.07) is 7.29. The highest BCUT2D eigenvalue weighted by molar-refractivity contribution is 6.31. The molecule has 0 radical (unpaired) electrons. The van der Waals surface area contributed by atoms with Gasteiger partial charge in [0.2, 0.25) is 0 Å². The van der Waals surface area contributed by atoms with E-state index in [9.17, 15) is 4.79 Å². The Morgan fingerprint density at radius 3 is 2.56 bits per heavy atom. The van der Waals surface area contributed by atoms with E-state index in [0.29, 0.717) is 10.6 Å². The number of rotatable bonds is 2. The van der Waals surface area contributed by atoms with Crippen LogP contribution in [0.4, 0.5) is 0 Å². The molecule has 0 atom stereocenters. The van der Waals surface area contributed by atoms with Crippen LogP contribution in [0.5, 0.6) is 0 Å². The summed E-state index contributed by atoms with van der Waals surface area (Å²) < 4.78 is 1.70. The standard InChI is InChI=1S/C12H11ClN2O/c1-8-12(13)9(2)15(14-8)11-6-4-3-5-10(11)7-16/h3-7H,1-2H3. The summed E-state index contributed by atoms with van der Waals surface area (Å²) in [5, 5.41) is 4.95. The first-order chi connectivity index (χ1) is 7.65. The molecule has 0 saturated heterocycles. The highest BCUT2D eigenvalue weighted by atomic mass is 35.5. The van der Waals surface area contributed by atoms with Crippen molar-refractivity contribution in [1.29, 1.82) is 0 Å². The second kappa shape index (κ2) is 4.10. The van der Waals surface area contributed by atoms with Crippen molar-refractivity contribution in [1.82, 2.24) is 9.78 Å². The van der Waals surface area contributed by atoms with E-state index in [1.807, 2.05) is 32.0 Å². The van der Waals surface area contributed by atoms with Gasteiger partial charge in [0.25, 0.3) is 0 Å². The zero-order chi connectivity index (χ0) is 11.7. The fourth-order valence-corrected chi connectivity index (χ4v) is 1.76. The first-order valence-electron chi connectivity index (χ1n) is 4.91. The van der Waals surface area contributed by atoms with Crippen molar-refractivity contribution in [3.63, 3.8) is 0 Å². The van der Waals surface area contributed by atoms with Crippen LogP contribution in [0, 0.1) is 13.8 Å². The van der Waals surface area contributed by atoms with E-state index in [1.54, 1.807) is 10.7 Å². The second-order valence-corrected chi connectivity index (χ2v) is 3.95. The summed E-state index contributed by atoms with van der Waals surface area (Å²) in [6.07, 6.45) is 0.819. The Labute approximate surface area is 98.7 Å². The van der Waals surface area contributed by atoms with Gasteiger partial charge < -0.3 is 0 Å². The van der Waals surface area contributed by atoms with Gasteiger partial charge in [0.15, 0.2) is 6.29 Å². The van der Waals surface area contributed by atoms with Crippen LogP contribution in [0.15, 0.2) is 24.3 Å². The molecule has 0 aliphatic rings. The average Bonchev–Trinajstić information content (AvgIpc) is 2.57. The maximum absolute atomic E-state index is 10.9. The topological polar surface area (TPSA) is 34.9 Å². The first-order valence-corrected chi connectivity index (χ1v) is 5.29. The number of hydrogen-bond donors (Lipinski definition) is 0. The van der Waals surface area contributed by atoms with Crippen LogP contribution in [0.3, 0.4) is 0 Å². The molecule has 0 saturated carbocycles. The minimum Gasteiger partial charge on any atom is -0.298 e. The number of nitrogens with zero attached hydrogens (tertiary/aromatic N) is 2. The molecular formula is C12H11ClN2O. The van der Waals surface area contributed by atoms with Gasteiger partial charge in [-0.2, -0.15) is 5.10 Å². The van der Waals surface area contributed by atoms with Gasteiger partial charge in [0.05, 0.1) is 22.1 Å². The minimum absolute atomic E-state index is 0.602. The van der Waals surface area contributed by atoms with Gasteiger partial charge in [-0.25, -0.2) is 4.68 Å². The zero-order valence-corrected chi connectivity index (χ0v) is 9.82. The Balaban J connectivity index is 2.67. The largest absolute Gasteiger partial charge is 0.298 e. The summed E-state index contributed by atoms with van der Waals surface area (Å²) in [7, 11) is 0. The molecule has 1 aromatic carbocycles. The number of para-hydroxylation sites is 1. The fraction of sp³-hybridized carbons (Fsp3) is 0.167. The van der Waals surface area contributed by atoms with Crippen molar-refractivity contribution in [2.75, 3.05) is 0 Å². The molecule has 0 bridgehead atoms. The van der Waals surface area contributed by atoms with Gasteiger partial charge >= 0.3 is 0 Å². The Hall–Kier alpha value is -1.61. The summed E-state index contributed by atoms with van der Waals surface area (Å²) in [6.45, 7) is 3.72. The molecule has 3 nitrogen and oxygen atoms in total. The molecule has 0 N–H and O–H groups in total. The lowest BCUT2D eigenvalue weighted by atomic mass is 10.2. The summed E-state index contributed by atoms with van der Waals surface area (Å²) in [4.78, 5) is 10.9. The highest BCUT2D eigenvalue weighted by Gasteiger charge is 2.12. The third-order valence-corrected chi connectivity index (χ3v) is 3.04. The van der Waals surface area contributed by atoms with Crippen molar-refractivity contribution in [2.45, 2.75) is 13.8 Å². The third-order valence-electron chi connectivity index (χ3n) is 2.49. The SMILES string of the molecule is Cc1nn(-c2ccccc2C=O)c(C)c1Cl. The first kappa shape index (κ1) is 10.9. The minimum atomic E-state index is 0.602. The van der Waals surface area contributed by atoms with E-state index in [1.165, 1.54) is 0 Å². The number of aryl methyl sites for hydroxylation is 1. The van der Waals surface area contributed by atoms with Gasteiger partial charge in [0.1, 0.15) is 0 Å². The van der Waals surface area contributed by atoms with Crippen LogP contribution >= 0.6 is 11.6 Å². The summed E-state index contributed by atoms with van der Waals surface area (Å²) >= 11 is 6.07. The number of aromatic nitrogens is 2. The fourth-order valence-electron chi connectivity index (χ4n) is 1.64. The molecule has 1 aromatic heterocycles. The van der Waals surface area contributed by atoms with Crippen molar-refractivity contribution in [3.8, 4) is 5.69 Å². The monoisotopic (exact) mass is 234 g/mol. The number of aldehydes is 1. The zero-order valence-electron chi connectivity index (χ0n) is 9.07. The molecule has 0 fully saturated rings. The van der Waals surface area contributed by atoms with Crippen LogP contribution in [0.25, 0.3) is 5.69 Å². The Kier molecular flexibility index (Phi) is 2.79. The van der Waals surface area contributed by atoms with E-state index < -0.39 is 0 Å². The quantitative estimate of drug-likeness (QED) is 0.749. The van der Waals surface area contributed by atoms with Crippen molar-refractivity contribution in [2.24, 2.45) is 0 Å². The average molecular weight is 235 g/mol. The maximum atomic E-state index is 10.9. The maximum Gasteiger partial charge on any atom is 0.152 e. The number of carbonyl (C=O) groups excluding carboxylic acids is 1. The Morgan fingerprint density at radius 2 is 2.00 bits per heavy atom. The lowest BCUT2D eigenvalue weighted by Gasteiger charge is -2.06. The van der Waals surface area contributed by atoms with E-state index in [0.717, 1.165) is 23.4 Å². The van der Waals surface area contributed by atoms with Gasteiger partial charge in [-0.3, -0.25) is 4.79 Å². The Bertz CT molecular complexity index is 546. The van der Waals surface area contributed by atoms with Crippen LogP contribution < -0.4 is 0 Å². The number of halogens is 1. The van der Waals surface area contributed by atoms with Crippen molar-refractivity contribution >= 4 is 17.9 Å². The molecule has 2 rings (SSSR count). The molecular weight excluding hydrogens is 224 g/mol. The van der Waals surface area contributed by atoms with Crippen molar-refractivity contribution < 1.29 is 4.79 Å². The van der Waals surface area contributed by atoms with Gasteiger partial charge in [-0.05, 0) is 26.0 Å². The Morgan fingerprint density at radius 1 is 1.31 bits per heavy atom. The molecule has 0 amide bonds. The predicted octanol–water partition coefficient (Wildman–Crippen LogP) is 2.96. The highest BCUT2D eigenvalue weighted by Crippen LogP contribution is 2.23. The molecule has 82 valence electrons. The van der Waals surface area contributed by atoms with E-state index >= 15 is 0 Å². The molecule has 16 heavy (non-hydrogen) atoms. The molecule has 0 aliphatic carbocycles. The normalized spacial score (nSPS) is 10.4. The van der Waals surface area contributed by atoms with E-state index in [4.69, 9.17) is 11.6 Å². The van der Waals surface area contributed by atoms with E-state index in [2.05, 4.69) is 5.10 Å². The summed E-state index contributed by atoms with van der Waals surface area (Å²) in [5.41, 5.74) is 2.96. The lowest BCUT2D eigenvalue weighted by Crippen LogP contribution is -2.02. The molecule has 2 aromatic rings. The lowest BCUT2D eigenvalue weighted by molar-refractivity contribution is 0.112. The van der Waals surface area contributed by atoms with Gasteiger partial charge in [0, 0.05) is 5.56 Å². The number of carbonyl (C=O) groups is 1. The number of benzene rings is 1. The molecule has 0 spiro atoms. The smallest absolute Gasteiger partial charge is 0.152 e. The van der Waals surface area contributed by atoms with Crippen LogP contribution in [-0.4, -0.2) is 16.1 Å². The van der Waals surface area contributed by atoms with Crippen molar-refractivity contribution in [3.05, 3.63) is 46.2 Å². The van der Waals surface area contributed by atoms with Crippen LogP contribution in [-0.2, 0) is 0 Å². The molecule has 1 heterocycles. The number of hydrogen-bond acceptors (Lipinski definition) is 2. The van der Waals surface area contributed by atoms with Crippen LogP contribution in [0.2, 0.25) is 5.02 Å². The van der Waals surface area contributed by atoms with Gasteiger partial charge in [-0.1, -0.05) is 23.7 Å². The second-order valence-electron chi connectivity index (χ2n) is 3.57. The molecule has 0 aliphatic heterocycles. The molecule has 4 heteroatoms.